The van der Waals surface area contributed by atoms with Gasteiger partial charge in [0.2, 0.25) is 6.79 Å². The van der Waals surface area contributed by atoms with E-state index in [1.807, 2.05) is 24.3 Å². The first-order valence-corrected chi connectivity index (χ1v) is 9.85. The average molecular weight is 428 g/mol. The van der Waals surface area contributed by atoms with Crippen LogP contribution in [0.3, 0.4) is 0 Å². The molecular formula is C23H16N4O5. The number of imide groups is 1. The maximum Gasteiger partial charge on any atom is 0.267 e. The van der Waals surface area contributed by atoms with E-state index in [-0.39, 0.29) is 17.9 Å². The summed E-state index contributed by atoms with van der Waals surface area (Å²) in [6, 6.07) is 12.3. The average Bonchev–Trinajstić information content (AvgIpc) is 3.48. The second-order valence-electron chi connectivity index (χ2n) is 7.43. The van der Waals surface area contributed by atoms with E-state index in [0.29, 0.717) is 39.7 Å². The Kier molecular flexibility index (Phi) is 3.76. The fraction of sp³-hybridized carbons (Fsp3) is 0.130. The van der Waals surface area contributed by atoms with Crippen LogP contribution < -0.4 is 19.1 Å². The maximum atomic E-state index is 13.6. The van der Waals surface area contributed by atoms with E-state index in [4.69, 9.17) is 14.2 Å². The van der Waals surface area contributed by atoms with Gasteiger partial charge >= 0.3 is 0 Å². The van der Waals surface area contributed by atoms with Crippen molar-refractivity contribution in [3.8, 4) is 28.5 Å². The zero-order valence-electron chi connectivity index (χ0n) is 17.2. The quantitative estimate of drug-likeness (QED) is 0.463. The predicted molar refractivity (Wildman–Crippen MR) is 114 cm³/mol. The Morgan fingerprint density at radius 2 is 1.78 bits per heavy atom. The van der Waals surface area contributed by atoms with Crippen molar-refractivity contribution in [3.05, 3.63) is 59.8 Å². The van der Waals surface area contributed by atoms with Crippen LogP contribution in [0.1, 0.15) is 20.7 Å². The summed E-state index contributed by atoms with van der Waals surface area (Å²) in [5.41, 5.74) is 2.81. The van der Waals surface area contributed by atoms with E-state index in [1.165, 1.54) is 6.20 Å². The minimum absolute atomic E-state index is 0.104. The van der Waals surface area contributed by atoms with E-state index in [1.54, 1.807) is 37.0 Å². The topological polar surface area (TPSA) is 95.8 Å². The number of amides is 2. The van der Waals surface area contributed by atoms with E-state index in [9.17, 15) is 9.59 Å². The van der Waals surface area contributed by atoms with Gasteiger partial charge in [-0.25, -0.2) is 14.6 Å². The van der Waals surface area contributed by atoms with Crippen LogP contribution in [0.2, 0.25) is 0 Å². The van der Waals surface area contributed by atoms with Gasteiger partial charge in [0.25, 0.3) is 11.8 Å². The van der Waals surface area contributed by atoms with Crippen molar-refractivity contribution in [1.29, 1.82) is 0 Å². The van der Waals surface area contributed by atoms with E-state index < -0.39 is 11.8 Å². The molecule has 32 heavy (non-hydrogen) atoms. The van der Waals surface area contributed by atoms with Crippen molar-refractivity contribution in [3.63, 3.8) is 0 Å². The van der Waals surface area contributed by atoms with Gasteiger partial charge in [-0.15, -0.1) is 0 Å². The SMILES string of the molecule is COc1ccc(-c2nn(C)c3ncc4c(c23)C(=O)N(c2ccc3c(c2)OCO3)C4=O)cc1. The molecule has 2 aromatic heterocycles. The van der Waals surface area contributed by atoms with Gasteiger partial charge in [0, 0.05) is 24.9 Å². The largest absolute Gasteiger partial charge is 0.497 e. The number of anilines is 1. The van der Waals surface area contributed by atoms with Crippen LogP contribution >= 0.6 is 0 Å². The molecular weight excluding hydrogens is 412 g/mol. The fourth-order valence-corrected chi connectivity index (χ4v) is 4.14. The van der Waals surface area contributed by atoms with Crippen molar-refractivity contribution in [2.45, 2.75) is 0 Å². The van der Waals surface area contributed by atoms with Gasteiger partial charge in [0.15, 0.2) is 17.1 Å². The number of hydrogen-bond donors (Lipinski definition) is 0. The first kappa shape index (κ1) is 18.4. The highest BCUT2D eigenvalue weighted by Crippen LogP contribution is 2.40. The second-order valence-corrected chi connectivity index (χ2v) is 7.43. The molecule has 9 heteroatoms. The number of rotatable bonds is 3. The smallest absolute Gasteiger partial charge is 0.267 e. The number of carbonyl (C=O) groups excluding carboxylic acids is 2. The van der Waals surface area contributed by atoms with E-state index >= 15 is 0 Å². The van der Waals surface area contributed by atoms with Crippen molar-refractivity contribution in [1.82, 2.24) is 14.8 Å². The maximum absolute atomic E-state index is 13.6. The number of aromatic nitrogens is 3. The van der Waals surface area contributed by atoms with Crippen LogP contribution in [-0.2, 0) is 7.05 Å². The second kappa shape index (κ2) is 6.55. The molecule has 0 saturated carbocycles. The number of benzene rings is 2. The number of nitrogens with zero attached hydrogens (tertiary/aromatic N) is 4. The van der Waals surface area contributed by atoms with Gasteiger partial charge < -0.3 is 14.2 Å². The van der Waals surface area contributed by atoms with Crippen molar-refractivity contribution >= 4 is 28.5 Å². The molecule has 0 aliphatic carbocycles. The molecule has 0 fully saturated rings. The summed E-state index contributed by atoms with van der Waals surface area (Å²) in [4.78, 5) is 32.4. The normalized spacial score (nSPS) is 14.4. The van der Waals surface area contributed by atoms with E-state index in [0.717, 1.165) is 10.5 Å². The van der Waals surface area contributed by atoms with Crippen LogP contribution in [0.5, 0.6) is 17.2 Å². The van der Waals surface area contributed by atoms with Crippen LogP contribution in [0.4, 0.5) is 5.69 Å². The zero-order valence-corrected chi connectivity index (χ0v) is 17.2. The summed E-state index contributed by atoms with van der Waals surface area (Å²) in [5.74, 6) is 0.894. The molecule has 158 valence electrons. The number of ether oxygens (including phenoxy) is 3. The van der Waals surface area contributed by atoms with Gasteiger partial charge in [0.1, 0.15) is 11.4 Å². The molecule has 0 saturated heterocycles. The lowest BCUT2D eigenvalue weighted by Crippen LogP contribution is -2.29. The molecule has 2 aliphatic rings. The highest BCUT2D eigenvalue weighted by Gasteiger charge is 2.40. The molecule has 9 nitrogen and oxygen atoms in total. The third-order valence-corrected chi connectivity index (χ3v) is 5.68. The zero-order chi connectivity index (χ0) is 22.0. The van der Waals surface area contributed by atoms with Crippen LogP contribution in [0, 0.1) is 0 Å². The molecule has 0 N–H and O–H groups in total. The summed E-state index contributed by atoms with van der Waals surface area (Å²) in [6.45, 7) is 0.104. The fourth-order valence-electron chi connectivity index (χ4n) is 4.14. The molecule has 0 bridgehead atoms. The molecule has 6 rings (SSSR count). The third kappa shape index (κ3) is 2.45. The number of aryl methyl sites for hydroxylation is 1. The van der Waals surface area contributed by atoms with Gasteiger partial charge in [0.05, 0.1) is 29.3 Å². The van der Waals surface area contributed by atoms with Gasteiger partial charge in [-0.3, -0.25) is 9.59 Å². The number of carbonyl (C=O) groups is 2. The summed E-state index contributed by atoms with van der Waals surface area (Å²) >= 11 is 0. The Hall–Kier alpha value is -4.40. The molecule has 0 radical (unpaired) electrons. The molecule has 2 aromatic carbocycles. The molecule has 2 aliphatic heterocycles. The predicted octanol–water partition coefficient (Wildman–Crippen LogP) is 3.17. The summed E-state index contributed by atoms with van der Waals surface area (Å²) in [5, 5.41) is 5.13. The van der Waals surface area contributed by atoms with Gasteiger partial charge in [-0.2, -0.15) is 5.10 Å². The highest BCUT2D eigenvalue weighted by atomic mass is 16.7. The molecule has 4 aromatic rings. The van der Waals surface area contributed by atoms with Crippen LogP contribution in [0.25, 0.3) is 22.3 Å². The molecule has 2 amide bonds. The summed E-state index contributed by atoms with van der Waals surface area (Å²) < 4.78 is 17.6. The summed E-state index contributed by atoms with van der Waals surface area (Å²) in [6.07, 6.45) is 1.43. The number of methoxy groups -OCH3 is 1. The number of hydrogen-bond acceptors (Lipinski definition) is 7. The molecule has 0 spiro atoms. The van der Waals surface area contributed by atoms with E-state index in [2.05, 4.69) is 10.1 Å². The van der Waals surface area contributed by atoms with Crippen molar-refractivity contribution in [2.75, 3.05) is 18.8 Å². The Morgan fingerprint density at radius 3 is 2.56 bits per heavy atom. The first-order chi connectivity index (χ1) is 15.6. The van der Waals surface area contributed by atoms with Crippen molar-refractivity contribution < 1.29 is 23.8 Å². The lowest BCUT2D eigenvalue weighted by molar-refractivity contribution is 0.0926. The van der Waals surface area contributed by atoms with Crippen molar-refractivity contribution in [2.24, 2.45) is 7.05 Å². The van der Waals surface area contributed by atoms with Gasteiger partial charge in [-0.05, 0) is 36.4 Å². The monoisotopic (exact) mass is 428 g/mol. The number of fused-ring (bicyclic) bond motifs is 4. The number of pyridine rings is 1. The molecule has 4 heterocycles. The first-order valence-electron chi connectivity index (χ1n) is 9.85. The van der Waals surface area contributed by atoms with Gasteiger partial charge in [-0.1, -0.05) is 0 Å². The standard InChI is InChI=1S/C23H16N4O5/c1-26-21-19(20(25-26)12-3-6-14(30-2)7-4-12)18-15(10-24-21)22(28)27(23(18)29)13-5-8-16-17(9-13)32-11-31-16/h3-10H,11H2,1-2H3. The molecule has 0 unspecified atom stereocenters. The van der Waals surface area contributed by atoms with Crippen LogP contribution in [-0.4, -0.2) is 40.5 Å². The Morgan fingerprint density at radius 1 is 1.00 bits per heavy atom. The van der Waals surface area contributed by atoms with Crippen LogP contribution in [0.15, 0.2) is 48.7 Å². The highest BCUT2D eigenvalue weighted by molar-refractivity contribution is 6.38. The third-order valence-electron chi connectivity index (χ3n) is 5.68. The minimum atomic E-state index is -0.442. The Bertz CT molecular complexity index is 1440. The Balaban J connectivity index is 1.53. The summed E-state index contributed by atoms with van der Waals surface area (Å²) in [7, 11) is 3.35. The minimum Gasteiger partial charge on any atom is -0.497 e. The lowest BCUT2D eigenvalue weighted by Gasteiger charge is -2.14. The lowest BCUT2D eigenvalue weighted by atomic mass is 10.0. The molecule has 0 atom stereocenters. The Labute approximate surface area is 181 Å².